The Kier molecular flexibility index (Phi) is 8.02. The van der Waals surface area contributed by atoms with Crippen LogP contribution >= 0.6 is 23.1 Å². The second-order valence-electron chi connectivity index (χ2n) is 8.46. The third-order valence-corrected chi connectivity index (χ3v) is 6.80. The van der Waals surface area contributed by atoms with Gasteiger partial charge in [0.15, 0.2) is 0 Å². The van der Waals surface area contributed by atoms with Crippen molar-refractivity contribution in [2.24, 2.45) is 0 Å². The Morgan fingerprint density at radius 3 is 2.77 bits per heavy atom. The maximum Gasteiger partial charge on any atom is 0.410 e. The highest BCUT2D eigenvalue weighted by Crippen LogP contribution is 2.35. The van der Waals surface area contributed by atoms with E-state index >= 15 is 0 Å². The van der Waals surface area contributed by atoms with E-state index in [1.54, 1.807) is 16.2 Å². The van der Waals surface area contributed by atoms with Gasteiger partial charge in [-0.3, -0.25) is 0 Å². The molecule has 6 nitrogen and oxygen atoms in total. The third kappa shape index (κ3) is 6.72. The van der Waals surface area contributed by atoms with Crippen molar-refractivity contribution in [3.8, 4) is 0 Å². The number of hydrogen-bond acceptors (Lipinski definition) is 7. The number of nitrogens with one attached hydrogen (secondary N) is 1. The first kappa shape index (κ1) is 23.6. The number of carbonyl (C=O) groups excluding carboxylic acids is 1. The lowest BCUT2D eigenvalue weighted by atomic mass is 10.1. The number of anilines is 1. The van der Waals surface area contributed by atoms with E-state index in [1.165, 1.54) is 4.90 Å². The van der Waals surface area contributed by atoms with E-state index in [4.69, 9.17) is 10.1 Å². The van der Waals surface area contributed by atoms with Gasteiger partial charge in [-0.05, 0) is 49.9 Å². The van der Waals surface area contributed by atoms with Crippen molar-refractivity contribution in [2.45, 2.75) is 37.7 Å². The Morgan fingerprint density at radius 2 is 2.10 bits per heavy atom. The molecule has 0 saturated heterocycles. The summed E-state index contributed by atoms with van der Waals surface area (Å²) in [6, 6.07) is 10.4. The molecule has 2 heterocycles. The second-order valence-corrected chi connectivity index (χ2v) is 10.5. The first-order valence-electron chi connectivity index (χ1n) is 10.5. The summed E-state index contributed by atoms with van der Waals surface area (Å²) in [5.41, 5.74) is 2.38. The number of ether oxygens (including phenoxy) is 1. The summed E-state index contributed by atoms with van der Waals surface area (Å²) in [6.07, 6.45) is 0.229. The first-order chi connectivity index (χ1) is 14.8. The number of hydrogen-bond donors (Lipinski definition) is 2. The summed E-state index contributed by atoms with van der Waals surface area (Å²) in [6.45, 7) is 7.77. The molecule has 0 aliphatic carbocycles. The minimum Gasteiger partial charge on any atom is -0.444 e. The summed E-state index contributed by atoms with van der Waals surface area (Å²) < 4.78 is 5.48. The fourth-order valence-corrected chi connectivity index (χ4v) is 5.17. The molecule has 0 atom stereocenters. The smallest absolute Gasteiger partial charge is 0.410 e. The largest absolute Gasteiger partial charge is 0.444 e. The fraction of sp³-hybridized carbons (Fsp3) is 0.478. The lowest BCUT2D eigenvalue weighted by Crippen LogP contribution is -2.43. The molecular formula is C23H31N3O3S2. The van der Waals surface area contributed by atoms with E-state index in [9.17, 15) is 9.90 Å². The van der Waals surface area contributed by atoms with E-state index in [1.807, 2.05) is 50.0 Å². The Balaban J connectivity index is 1.65. The van der Waals surface area contributed by atoms with Crippen LogP contribution in [0.4, 0.5) is 10.5 Å². The van der Waals surface area contributed by atoms with Gasteiger partial charge in [-0.2, -0.15) is 0 Å². The molecule has 0 spiro atoms. The van der Waals surface area contributed by atoms with Gasteiger partial charge in [0.1, 0.15) is 5.60 Å². The average molecular weight is 462 g/mol. The zero-order chi connectivity index (χ0) is 22.4. The van der Waals surface area contributed by atoms with Crippen molar-refractivity contribution in [3.63, 3.8) is 0 Å². The molecule has 0 bridgehead atoms. The summed E-state index contributed by atoms with van der Waals surface area (Å²) in [7, 11) is 0. The van der Waals surface area contributed by atoms with Crippen molar-refractivity contribution in [3.05, 3.63) is 46.2 Å². The molecule has 0 fully saturated rings. The van der Waals surface area contributed by atoms with E-state index in [-0.39, 0.29) is 13.2 Å². The molecule has 0 unspecified atom stereocenters. The molecule has 168 valence electrons. The Labute approximate surface area is 192 Å². The molecule has 1 amide bonds. The molecule has 3 rings (SSSR count). The molecular weight excluding hydrogens is 430 g/mol. The first-order valence-corrected chi connectivity index (χ1v) is 12.3. The number of thiophene rings is 1. The van der Waals surface area contributed by atoms with E-state index < -0.39 is 11.7 Å². The number of amides is 1. The minimum atomic E-state index is -0.563. The lowest BCUT2D eigenvalue weighted by Gasteiger charge is -2.34. The van der Waals surface area contributed by atoms with Crippen molar-refractivity contribution in [1.29, 1.82) is 5.41 Å². The Bertz CT molecular complexity index is 894. The van der Waals surface area contributed by atoms with Crippen LogP contribution in [0, 0.1) is 5.41 Å². The molecule has 2 N–H and O–H groups in total. The van der Waals surface area contributed by atoms with Gasteiger partial charge in [0.2, 0.25) is 0 Å². The van der Waals surface area contributed by atoms with E-state index in [0.29, 0.717) is 25.2 Å². The molecule has 2 aromatic rings. The SMILES string of the molecule is CC(C)(C)OC(=O)N(CCO)CCN1CCSc2cc(CC(=N)c3cccs3)ccc21. The molecule has 1 aliphatic heterocycles. The van der Waals surface area contributed by atoms with Crippen LogP contribution in [0.1, 0.15) is 31.2 Å². The van der Waals surface area contributed by atoms with Gasteiger partial charge in [0.05, 0.1) is 18.0 Å². The van der Waals surface area contributed by atoms with Crippen LogP contribution in [-0.2, 0) is 11.2 Å². The Morgan fingerprint density at radius 1 is 1.29 bits per heavy atom. The van der Waals surface area contributed by atoms with Gasteiger partial charge in [-0.1, -0.05) is 12.1 Å². The summed E-state index contributed by atoms with van der Waals surface area (Å²) in [5, 5.41) is 19.7. The van der Waals surface area contributed by atoms with Crippen molar-refractivity contribution in [1.82, 2.24) is 4.90 Å². The maximum absolute atomic E-state index is 12.5. The number of aliphatic hydroxyl groups excluding tert-OH is 1. The van der Waals surface area contributed by atoms with Crippen LogP contribution in [0.15, 0.2) is 40.6 Å². The number of carbonyl (C=O) groups is 1. The minimum absolute atomic E-state index is 0.0920. The summed E-state index contributed by atoms with van der Waals surface area (Å²) >= 11 is 3.44. The van der Waals surface area contributed by atoms with Gasteiger partial charge in [0, 0.05) is 48.1 Å². The van der Waals surface area contributed by atoms with Crippen LogP contribution in [-0.4, -0.2) is 66.0 Å². The molecule has 8 heteroatoms. The fourth-order valence-electron chi connectivity index (χ4n) is 3.39. The zero-order valence-corrected chi connectivity index (χ0v) is 20.0. The number of thioether (sulfide) groups is 1. The van der Waals surface area contributed by atoms with E-state index in [2.05, 4.69) is 23.1 Å². The highest BCUT2D eigenvalue weighted by atomic mass is 32.2. The van der Waals surface area contributed by atoms with Gasteiger partial charge in [0.25, 0.3) is 0 Å². The van der Waals surface area contributed by atoms with Crippen molar-refractivity contribution in [2.75, 3.05) is 43.4 Å². The number of benzene rings is 1. The number of rotatable bonds is 8. The number of aliphatic hydroxyl groups is 1. The van der Waals surface area contributed by atoms with E-state index in [0.717, 1.165) is 28.4 Å². The molecule has 1 aromatic heterocycles. The quantitative estimate of drug-likeness (QED) is 0.566. The van der Waals surface area contributed by atoms with Crippen molar-refractivity contribution >= 4 is 40.6 Å². The summed E-state index contributed by atoms with van der Waals surface area (Å²) in [5.74, 6) is 0.977. The predicted molar refractivity (Wildman–Crippen MR) is 129 cm³/mol. The Hall–Kier alpha value is -2.03. The van der Waals surface area contributed by atoms with Crippen molar-refractivity contribution < 1.29 is 14.6 Å². The van der Waals surface area contributed by atoms with Crippen LogP contribution in [0.2, 0.25) is 0 Å². The average Bonchev–Trinajstić information content (AvgIpc) is 3.24. The van der Waals surface area contributed by atoms with Gasteiger partial charge < -0.3 is 25.1 Å². The predicted octanol–water partition coefficient (Wildman–Crippen LogP) is 4.50. The van der Waals surface area contributed by atoms with Crippen LogP contribution in [0.5, 0.6) is 0 Å². The molecule has 0 saturated carbocycles. The van der Waals surface area contributed by atoms with Gasteiger partial charge >= 0.3 is 6.09 Å². The van der Waals surface area contributed by atoms with Crippen LogP contribution in [0.3, 0.4) is 0 Å². The van der Waals surface area contributed by atoms with Gasteiger partial charge in [-0.25, -0.2) is 4.79 Å². The molecule has 1 aromatic carbocycles. The highest BCUT2D eigenvalue weighted by Gasteiger charge is 2.24. The third-order valence-electron chi connectivity index (χ3n) is 4.84. The topological polar surface area (TPSA) is 76.9 Å². The van der Waals surface area contributed by atoms with Crippen LogP contribution in [0.25, 0.3) is 0 Å². The van der Waals surface area contributed by atoms with Crippen LogP contribution < -0.4 is 4.90 Å². The lowest BCUT2D eigenvalue weighted by molar-refractivity contribution is 0.0224. The molecule has 31 heavy (non-hydrogen) atoms. The number of fused-ring (bicyclic) bond motifs is 1. The number of nitrogens with zero attached hydrogens (tertiary/aromatic N) is 2. The second kappa shape index (κ2) is 10.5. The van der Waals surface area contributed by atoms with Gasteiger partial charge in [-0.15, -0.1) is 23.1 Å². The monoisotopic (exact) mass is 461 g/mol. The summed E-state index contributed by atoms with van der Waals surface area (Å²) in [4.78, 5) is 18.6. The zero-order valence-electron chi connectivity index (χ0n) is 18.4. The molecule has 1 aliphatic rings. The molecule has 0 radical (unpaired) electrons. The normalized spacial score (nSPS) is 13.6. The maximum atomic E-state index is 12.5. The standard InChI is InChI=1S/C23H31N3O3S2/c1-23(2,3)29-22(28)26(10-12-27)9-8-25-11-14-31-21-16-17(6-7-19(21)25)15-18(24)20-5-4-13-30-20/h4-7,13,16,24,27H,8-12,14-15H2,1-3H3. The highest BCUT2D eigenvalue weighted by molar-refractivity contribution is 7.99.